The number of rotatable bonds is 41. The second-order valence-corrected chi connectivity index (χ2v) is 21.4. The Hall–Kier alpha value is -6.79. The molecule has 0 aliphatic heterocycles. The van der Waals surface area contributed by atoms with Gasteiger partial charge < -0.3 is 72.5 Å². The minimum atomic E-state index is -4.30. The first-order valence-electron chi connectivity index (χ1n) is 28.1. The molecule has 0 bridgehead atoms. The molecule has 2 aromatic rings. The van der Waals surface area contributed by atoms with E-state index >= 15 is 0 Å². The van der Waals surface area contributed by atoms with Crippen molar-refractivity contribution in [2.24, 2.45) is 0 Å². The van der Waals surface area contributed by atoms with Crippen molar-refractivity contribution in [3.8, 4) is 11.5 Å². The largest absolute Gasteiger partial charge is 0.491 e. The molecule has 0 radical (unpaired) electrons. The van der Waals surface area contributed by atoms with E-state index in [1.807, 2.05) is 48.5 Å². The normalized spacial score (nSPS) is 11.3. The van der Waals surface area contributed by atoms with Crippen LogP contribution in [-0.2, 0) is 81.2 Å². The lowest BCUT2D eigenvalue weighted by molar-refractivity contribution is -0.143. The van der Waals surface area contributed by atoms with Crippen molar-refractivity contribution in [2.75, 3.05) is 92.5 Å². The molecule has 2 aromatic carbocycles. The van der Waals surface area contributed by atoms with Gasteiger partial charge in [0.1, 0.15) is 70.0 Å². The van der Waals surface area contributed by atoms with Crippen LogP contribution in [0.25, 0.3) is 0 Å². The Morgan fingerprint density at radius 3 is 1.00 bits per heavy atom. The summed E-state index contributed by atoms with van der Waals surface area (Å²) in [5.41, 5.74) is 3.83. The summed E-state index contributed by atoms with van der Waals surface area (Å²) in [5.74, 6) is -1.57. The lowest BCUT2D eigenvalue weighted by atomic mass is 9.78. The third kappa shape index (κ3) is 45.2. The number of unbranched alkanes of at least 4 members (excludes halogenated alkanes) is 7. The van der Waals surface area contributed by atoms with Crippen LogP contribution in [-0.4, -0.2) is 166 Å². The maximum absolute atomic E-state index is 11.4. The molecule has 24 heteroatoms. The minimum absolute atomic E-state index is 0.0152. The molecule has 0 aliphatic rings. The highest BCUT2D eigenvalue weighted by Crippen LogP contribution is 2.36. The Morgan fingerprint density at radius 1 is 0.414 bits per heavy atom. The topological polar surface area (TPSA) is 322 Å². The van der Waals surface area contributed by atoms with Gasteiger partial charge >= 0.3 is 43.6 Å². The van der Waals surface area contributed by atoms with Crippen molar-refractivity contribution >= 4 is 43.6 Å². The van der Waals surface area contributed by atoms with Crippen molar-refractivity contribution in [2.45, 2.75) is 124 Å². The van der Waals surface area contributed by atoms with Gasteiger partial charge in [-0.15, -0.1) is 0 Å². The zero-order chi connectivity index (χ0) is 66.4. The zero-order valence-corrected chi connectivity index (χ0v) is 53.0. The summed E-state index contributed by atoms with van der Waals surface area (Å²) >= 11 is 0. The number of benzene rings is 2. The first-order chi connectivity index (χ1) is 40.8. The van der Waals surface area contributed by atoms with E-state index in [0.29, 0.717) is 73.2 Å². The number of carbonyl (C=O) groups excluding carboxylic acids is 6. The second-order valence-electron chi connectivity index (χ2n) is 20.1. The van der Waals surface area contributed by atoms with E-state index in [1.165, 1.54) is 13.8 Å². The summed E-state index contributed by atoms with van der Waals surface area (Å²) in [6.45, 7) is 36.2. The van der Waals surface area contributed by atoms with Crippen LogP contribution in [0.3, 0.4) is 0 Å². The third-order valence-electron chi connectivity index (χ3n) is 11.1. The molecule has 0 saturated carbocycles. The predicted molar refractivity (Wildman–Crippen MR) is 326 cm³/mol. The highest BCUT2D eigenvalue weighted by atomic mass is 31.2. The van der Waals surface area contributed by atoms with Crippen LogP contribution in [0.5, 0.6) is 11.5 Å². The average Bonchev–Trinajstić information content (AvgIpc) is 3.24. The third-order valence-corrected chi connectivity index (χ3v) is 11.6. The number of aliphatic hydroxyl groups excluding tert-OH is 3. The van der Waals surface area contributed by atoms with E-state index in [9.17, 15) is 43.5 Å². The fraction of sp³-hybridized carbons (Fsp3) is 0.524. The highest BCUT2D eigenvalue weighted by Gasteiger charge is 2.24. The van der Waals surface area contributed by atoms with Gasteiger partial charge in [0.15, 0.2) is 0 Å². The van der Waals surface area contributed by atoms with E-state index in [0.717, 1.165) is 56.1 Å². The maximum Gasteiger partial charge on any atom is 0.469 e. The molecule has 0 heterocycles. The van der Waals surface area contributed by atoms with E-state index in [4.69, 9.17) is 57.5 Å². The number of esters is 6. The monoisotopic (exact) mass is 1250 g/mol. The molecule has 0 amide bonds. The molecule has 0 spiro atoms. The van der Waals surface area contributed by atoms with Gasteiger partial charge in [-0.1, -0.05) is 116 Å². The molecule has 0 aromatic heterocycles. The van der Waals surface area contributed by atoms with Crippen molar-refractivity contribution < 1.29 is 110 Å². The van der Waals surface area contributed by atoms with Crippen molar-refractivity contribution in [3.05, 3.63) is 133 Å². The molecule has 2 rings (SSSR count). The van der Waals surface area contributed by atoms with Crippen molar-refractivity contribution in [1.82, 2.24) is 0 Å². The van der Waals surface area contributed by atoms with Crippen LogP contribution in [0, 0.1) is 0 Å². The number of phosphoric ester groups is 1. The summed E-state index contributed by atoms with van der Waals surface area (Å²) in [6.07, 6.45) is 5.94. The standard InChI is InChI=1S/C29H36O8.C14H27O6P.C14H22O6.C6H10O3/c1-19(2)27(32)36-17-23(30)15-34-25-11-7-21(8-12-25)29(5,6)22-9-13-26(14-10-22)35-16-24(31)18-37-28(33)20(3)4;1-13(2)14(15)19-11-9-7-5-3-4-6-8-10-12-20-21(16,17)18;1-11(2)13(15)19-9-7-17-5-6-18-8-10-20-14(16)12(3)4;1-5(2)6(8)9-4-3-7/h7-14,23-24,30-31H,1,3,15-18H2,2,4-6H3;1,3-12H2,2H3,(H2,16,17,18);1,3,5-10H2,2,4H3;7H,1,3-4H2,2H3. The van der Waals surface area contributed by atoms with E-state index < -0.39 is 49.9 Å². The summed E-state index contributed by atoms with van der Waals surface area (Å²) in [6, 6.07) is 15.1. The van der Waals surface area contributed by atoms with Gasteiger partial charge in [-0.25, -0.2) is 33.3 Å². The van der Waals surface area contributed by atoms with Crippen LogP contribution in [0.4, 0.5) is 0 Å². The molecular formula is C63H95O23P. The van der Waals surface area contributed by atoms with Gasteiger partial charge in [-0.2, -0.15) is 0 Å². The van der Waals surface area contributed by atoms with E-state index in [2.05, 4.69) is 62.6 Å². The Morgan fingerprint density at radius 2 is 0.690 bits per heavy atom. The fourth-order valence-electron chi connectivity index (χ4n) is 6.13. The molecule has 0 aliphatic carbocycles. The lowest BCUT2D eigenvalue weighted by Crippen LogP contribution is -2.25. The Labute approximate surface area is 513 Å². The molecule has 2 atom stereocenters. The minimum Gasteiger partial charge on any atom is -0.491 e. The SMILES string of the molecule is C=C(C)C(=O)OCC(O)COc1ccc(C(C)(C)c2ccc(OCC(O)COC(=O)C(=C)C)cc2)cc1.C=C(C)C(=O)OCCCCCCCCCCOP(=O)(O)O.C=C(C)C(=O)OCCO.C=C(C)C(=O)OCCOCCOCCOC(=O)C(=C)C. The molecule has 23 nitrogen and oxygen atoms in total. The van der Waals surface area contributed by atoms with E-state index in [1.54, 1.807) is 27.7 Å². The van der Waals surface area contributed by atoms with Crippen LogP contribution in [0.1, 0.15) is 118 Å². The average molecular weight is 1250 g/mol. The Balaban J connectivity index is 0. The van der Waals surface area contributed by atoms with Crippen LogP contribution in [0.15, 0.2) is 121 Å². The number of aliphatic hydroxyl groups is 3. The first-order valence-corrected chi connectivity index (χ1v) is 29.6. The Bertz CT molecular complexity index is 2360. The number of phosphoric acid groups is 1. The molecule has 87 heavy (non-hydrogen) atoms. The molecular weight excluding hydrogens is 1160 g/mol. The van der Waals surface area contributed by atoms with Gasteiger partial charge in [0, 0.05) is 38.9 Å². The quantitative estimate of drug-likeness (QED) is 0.0137. The number of ether oxygens (including phenoxy) is 10. The van der Waals surface area contributed by atoms with Crippen molar-refractivity contribution in [3.63, 3.8) is 0 Å². The molecule has 2 unspecified atom stereocenters. The predicted octanol–water partition coefficient (Wildman–Crippen LogP) is 8.42. The maximum atomic E-state index is 11.4. The molecule has 0 fully saturated rings. The van der Waals surface area contributed by atoms with Crippen LogP contribution >= 0.6 is 7.82 Å². The van der Waals surface area contributed by atoms with Gasteiger partial charge in [-0.3, -0.25) is 4.52 Å². The van der Waals surface area contributed by atoms with Gasteiger partial charge in [0.25, 0.3) is 0 Å². The van der Waals surface area contributed by atoms with Crippen LogP contribution < -0.4 is 9.47 Å². The lowest BCUT2D eigenvalue weighted by Gasteiger charge is -2.26. The summed E-state index contributed by atoms with van der Waals surface area (Å²) in [7, 11) is -4.30. The van der Waals surface area contributed by atoms with Crippen molar-refractivity contribution in [1.29, 1.82) is 0 Å². The fourth-order valence-corrected chi connectivity index (χ4v) is 6.49. The summed E-state index contributed by atoms with van der Waals surface area (Å²) < 4.78 is 65.3. The van der Waals surface area contributed by atoms with E-state index in [-0.39, 0.29) is 82.0 Å². The number of hydrogen-bond donors (Lipinski definition) is 5. The molecule has 5 N–H and O–H groups in total. The number of carbonyl (C=O) groups is 6. The Kier molecular flexibility index (Phi) is 45.6. The summed E-state index contributed by atoms with van der Waals surface area (Å²) in [4.78, 5) is 83.3. The second kappa shape index (κ2) is 48.2. The number of hydrogen-bond acceptors (Lipinski definition) is 21. The summed E-state index contributed by atoms with van der Waals surface area (Å²) in [5, 5.41) is 28.1. The van der Waals surface area contributed by atoms with Gasteiger partial charge in [-0.05, 0) is 89.8 Å². The first kappa shape index (κ1) is 82.3. The smallest absolute Gasteiger partial charge is 0.469 e. The molecule has 490 valence electrons. The zero-order valence-electron chi connectivity index (χ0n) is 52.1. The molecule has 0 saturated heterocycles. The highest BCUT2D eigenvalue weighted by molar-refractivity contribution is 7.46. The van der Waals surface area contributed by atoms with Gasteiger partial charge in [0.05, 0.1) is 46.2 Å². The van der Waals surface area contributed by atoms with Crippen LogP contribution in [0.2, 0.25) is 0 Å². The van der Waals surface area contributed by atoms with Gasteiger partial charge in [0.2, 0.25) is 0 Å².